The Morgan fingerprint density at radius 1 is 0.565 bits per heavy atom. The SMILES string of the molecule is C.C1=COCCC1.CC.CC(I)(I)I.CC(I)I.CC1(C)OB(B2OC(C)(C)C(C)(C)O2)OC1(C)C.CC1(C)OB(c2cc(F)c3c(cnn3C3CCCCO3)c2)OC1(C)C.CCI.CCI.CO/N=C/c1cc(Br)cc(F)c1F.CON.Cl.Fc1cc(Br)cc2cn[nH]c12.Fc1cc(Br)cc2cnn(C3CCCCO3)c12.O=Cc1cc(Br)cc(F)c1F.O=Cc1cccc(F)c1F.[CH3-].[I][V]([I])[I]. The fourth-order valence-corrected chi connectivity index (χ4v) is 13.0. The zero-order chi connectivity index (χ0) is 103. The van der Waals surface area contributed by atoms with Crippen LogP contribution in [0.3, 0.4) is 0 Å². The molecular formula is C89H121B3Br4ClF9I10N8O13V-. The number of alkyl halides is 7. The van der Waals surface area contributed by atoms with Crippen molar-refractivity contribution in [3.63, 3.8) is 0 Å². The second-order valence-corrected chi connectivity index (χ2v) is 92.0. The standard InChI is InChI=1S/C18H24BFN2O3.C12H24B2O4.C12H12BrFN2O.C8H6BrF2NO.C7H3BrF2O.C7H4BrFN2.C7H4F2O.C5H8O.C2H3I3.C2H4I2.2C2H5I.C2H6.CH5NO.CH4.CH3.ClH.3HI.V/c1-17(2)18(3,4)25-19(24-17)13-9-12-11-21-22(16(12)14(20)10-13)15-7-5-6-8-23-15;1-9(2)10(3,4)16-13(15-9)14-17-11(5,6)12(7,8)18-14;13-9-5-8-7-15-16(12(8)10(14)6-9)11-3-1-2-4-17-11;1-13-12-4-5-2-6(9)3-7(10)8(5)11;8-5-1-4(3-11)7(10)6(9)2-5;8-5-1-4-3-10-11-7(4)6(9)2-5;8-6-3-1-2-5(4-10)7(6)9;1-2-4-6-5-3-1;1-2(3,4)5;1-2(3)4;2*1-2-3;1-2;1-3-2;;;;;;;/h9-11,15H,5-8H2,1-4H3;1-8H3;5-7,11H,1-4H2;2-4H,1H3;1-3H;1-3H,(H,10,11);1-4H;2,4H,1,3,5H2;1H3;2H,1H3;2*2H2,1H3;1-2H3;2H2,1H3;1H4;1H3;4*1H;/q;;;;;;;;;;;;;;;-1;;;;;+3/p-3/b;;;12-4+;;;;;;;;;;;;;;;;;. The van der Waals surface area contributed by atoms with E-state index in [1.165, 1.54) is 78.4 Å². The zero-order valence-corrected chi connectivity index (χ0v) is 110. The molecule has 0 spiro atoms. The number of benzene rings is 6. The van der Waals surface area contributed by atoms with Gasteiger partial charge in [-0.05, 0) is 235 Å². The number of halogens is 24. The van der Waals surface area contributed by atoms with Gasteiger partial charge in [-0.1, -0.05) is 274 Å². The number of hydrogen-bond acceptors (Lipinski definition) is 18. The summed E-state index contributed by atoms with van der Waals surface area (Å²) in [6, 6.07) is 18.0. The number of carbonyl (C=O) groups excluding carboxylic acids is 2. The van der Waals surface area contributed by atoms with Gasteiger partial charge in [0, 0.05) is 52.8 Å². The van der Waals surface area contributed by atoms with Crippen molar-refractivity contribution in [1.82, 2.24) is 29.8 Å². The number of nitrogens with one attached hydrogen (secondary N) is 1. The number of oxime groups is 1. The number of carbonyl (C=O) groups is 2. The van der Waals surface area contributed by atoms with Crippen molar-refractivity contribution < 1.29 is 106 Å². The number of aldehydes is 2. The molecule has 6 aliphatic rings. The second-order valence-electron chi connectivity index (χ2n) is 31.2. The number of nitrogens with two attached hydrogens (primary N) is 1. The summed E-state index contributed by atoms with van der Waals surface area (Å²) in [6.07, 6.45) is 18.5. The fraction of sp³-hybridized carbons (Fsp3) is 0.494. The quantitative estimate of drug-likeness (QED) is 0.0165. The first-order chi connectivity index (χ1) is 62.9. The summed E-state index contributed by atoms with van der Waals surface area (Å²) in [5.41, 5.74) is -0.712. The normalized spacial score (nSPS) is 17.0. The van der Waals surface area contributed by atoms with Crippen LogP contribution in [-0.2, 0) is 56.7 Å². The van der Waals surface area contributed by atoms with Crippen molar-refractivity contribution in [3.8, 4) is 0 Å². The first kappa shape index (κ1) is 143. The number of fused-ring (bicyclic) bond motifs is 3. The molecule has 6 aliphatic heterocycles. The number of aromatic amines is 1. The Morgan fingerprint density at radius 3 is 1.28 bits per heavy atom. The zero-order valence-electron chi connectivity index (χ0n) is 79.4. The average Bonchev–Trinajstić information content (AvgIpc) is 1.60. The van der Waals surface area contributed by atoms with Crippen LogP contribution in [0.5, 0.6) is 0 Å². The van der Waals surface area contributed by atoms with Crippen molar-refractivity contribution in [2.45, 2.75) is 231 Å². The molecule has 0 amide bonds. The van der Waals surface area contributed by atoms with E-state index in [2.05, 4.69) is 351 Å². The molecule has 9 heterocycles. The second kappa shape index (κ2) is 72.8. The van der Waals surface area contributed by atoms with Crippen LogP contribution in [0.25, 0.3) is 32.7 Å². The van der Waals surface area contributed by atoms with Gasteiger partial charge in [0.05, 0.1) is 91.4 Å². The van der Waals surface area contributed by atoms with E-state index in [1.807, 2.05) is 121 Å². The molecule has 9 aromatic rings. The number of aromatic nitrogens is 6. The van der Waals surface area contributed by atoms with Gasteiger partial charge in [0.1, 0.15) is 40.5 Å². The summed E-state index contributed by atoms with van der Waals surface area (Å²) in [5, 5.41) is 20.6. The number of allylic oxidation sites excluding steroid dienone is 1. The van der Waals surface area contributed by atoms with Gasteiger partial charge >= 0.3 is 86.0 Å². The molecule has 0 saturated carbocycles. The van der Waals surface area contributed by atoms with Crippen LogP contribution in [0.4, 0.5) is 39.5 Å². The molecule has 138 heavy (non-hydrogen) atoms. The van der Waals surface area contributed by atoms with Crippen LogP contribution in [0.2, 0.25) is 0 Å². The third kappa shape index (κ3) is 51.6. The van der Waals surface area contributed by atoms with Gasteiger partial charge in [0.2, 0.25) is 0 Å². The summed E-state index contributed by atoms with van der Waals surface area (Å²) in [5.74, 6) is -2.61. The molecule has 2 unspecified atom stereocenters. The van der Waals surface area contributed by atoms with Crippen LogP contribution in [-0.4, -0.2) is 148 Å². The molecule has 2 atom stereocenters. The van der Waals surface area contributed by atoms with Crippen molar-refractivity contribution in [3.05, 3.63) is 204 Å². The van der Waals surface area contributed by atoms with E-state index in [-0.39, 0.29) is 114 Å². The fourth-order valence-electron chi connectivity index (χ4n) is 11.2. The van der Waals surface area contributed by atoms with E-state index < -0.39 is 67.2 Å². The minimum absolute atomic E-state index is 0. The van der Waals surface area contributed by atoms with Crippen molar-refractivity contribution in [1.29, 1.82) is 0 Å². The number of hydrogen-bond donors (Lipinski definition) is 2. The molecule has 21 nitrogen and oxygen atoms in total. The van der Waals surface area contributed by atoms with Gasteiger partial charge in [-0.15, -0.1) is 12.4 Å². The third-order valence-corrected chi connectivity index (χ3v) is 21.1. The topological polar surface area (TPSA) is 238 Å². The van der Waals surface area contributed by atoms with Gasteiger partial charge in [0.25, 0.3) is 0 Å². The summed E-state index contributed by atoms with van der Waals surface area (Å²) in [7, 11) is 1.19. The van der Waals surface area contributed by atoms with Crippen molar-refractivity contribution in [2.75, 3.05) is 42.9 Å². The molecule has 6 aromatic carbocycles. The van der Waals surface area contributed by atoms with Crippen LogP contribution in [0, 0.1) is 59.8 Å². The third-order valence-electron chi connectivity index (χ3n) is 19.3. The predicted octanol–water partition coefficient (Wildman–Crippen LogP) is 32.6. The Balaban J connectivity index is -0.00000148. The van der Waals surface area contributed by atoms with Gasteiger partial charge < -0.3 is 59.2 Å². The molecule has 0 aliphatic carbocycles. The molecule has 0 radical (unpaired) electrons. The minimum atomic E-state index is -1.11. The van der Waals surface area contributed by atoms with Crippen LogP contribution >= 0.6 is 294 Å². The molecular weight excluding hydrogens is 3270 g/mol. The maximum absolute atomic E-state index is 14.9. The van der Waals surface area contributed by atoms with E-state index in [0.29, 0.717) is 37.0 Å². The molecule has 0 bridgehead atoms. The molecule has 3 aromatic heterocycles. The van der Waals surface area contributed by atoms with E-state index in [1.54, 1.807) is 34.2 Å². The number of nitrogens with zero attached hydrogens (tertiary/aromatic N) is 6. The van der Waals surface area contributed by atoms with E-state index in [9.17, 15) is 49.1 Å². The Morgan fingerprint density at radius 2 is 0.920 bits per heavy atom. The van der Waals surface area contributed by atoms with E-state index >= 15 is 0 Å². The summed E-state index contributed by atoms with van der Waals surface area (Å²) in [4.78, 5) is 27.9. The van der Waals surface area contributed by atoms with Crippen molar-refractivity contribution >= 4 is 372 Å². The van der Waals surface area contributed by atoms with Gasteiger partial charge in [-0.2, -0.15) is 15.3 Å². The van der Waals surface area contributed by atoms with E-state index in [4.69, 9.17) is 42.1 Å². The Hall–Kier alpha value is 1.34. The Bertz CT molecular complexity index is 4980. The van der Waals surface area contributed by atoms with Crippen LogP contribution < -0.4 is 11.4 Å². The monoisotopic (exact) mass is 3380 g/mol. The van der Waals surface area contributed by atoms with E-state index in [0.717, 1.165) is 103 Å². The first-order valence-corrected chi connectivity index (χ1v) is 66.9. The van der Waals surface area contributed by atoms with Crippen molar-refractivity contribution in [2.24, 2.45) is 11.1 Å². The Labute approximate surface area is 982 Å². The summed E-state index contributed by atoms with van der Waals surface area (Å²) in [6.45, 7) is 39.0. The number of H-pyrrole nitrogens is 1. The molecule has 49 heteroatoms. The van der Waals surface area contributed by atoms with Gasteiger partial charge in [0.15, 0.2) is 59.9 Å². The number of ether oxygens (including phenoxy) is 3. The average molecular weight is 3390 g/mol. The summed E-state index contributed by atoms with van der Waals surface area (Å²) >= 11 is 36.1. The summed E-state index contributed by atoms with van der Waals surface area (Å²) < 4.78 is 179. The molecule has 5 fully saturated rings. The molecule has 15 rings (SSSR count). The maximum atomic E-state index is 14.9. The van der Waals surface area contributed by atoms with Gasteiger partial charge in [-0.25, -0.2) is 54.8 Å². The molecule has 5 saturated heterocycles. The Kier molecular flexibility index (Phi) is 75.7. The first-order valence-electron chi connectivity index (χ1n) is 41.5. The van der Waals surface area contributed by atoms with Gasteiger partial charge in [-0.3, -0.25) is 14.7 Å². The van der Waals surface area contributed by atoms with Crippen LogP contribution in [0.15, 0.2) is 133 Å². The predicted molar refractivity (Wildman–Crippen MR) is 643 cm³/mol. The molecule has 778 valence electrons. The molecule has 3 N–H and O–H groups in total. The number of rotatable bonds is 8. The van der Waals surface area contributed by atoms with Crippen LogP contribution in [0.1, 0.15) is 222 Å².